The number of nitrogens with zero attached hydrogens (tertiary/aromatic N) is 1. The van der Waals surface area contributed by atoms with Gasteiger partial charge < -0.3 is 0 Å². The highest BCUT2D eigenvalue weighted by molar-refractivity contribution is 7.19. The normalized spacial score (nSPS) is 13.2. The summed E-state index contributed by atoms with van der Waals surface area (Å²) in [4.78, 5) is 8.53. The second-order valence-corrected chi connectivity index (χ2v) is 9.00. The third-order valence-corrected chi connectivity index (χ3v) is 7.20. The van der Waals surface area contributed by atoms with Crippen LogP contribution in [0.25, 0.3) is 20.3 Å². The van der Waals surface area contributed by atoms with E-state index >= 15 is 0 Å². The summed E-state index contributed by atoms with van der Waals surface area (Å²) in [5.74, 6) is 1.13. The molecule has 1 aromatic carbocycles. The molecule has 0 radical (unpaired) electrons. The summed E-state index contributed by atoms with van der Waals surface area (Å²) in [6.45, 7) is 6.86. The molecule has 1 atom stereocenters. The molecule has 1 unspecified atom stereocenters. The lowest BCUT2D eigenvalue weighted by atomic mass is 9.99. The van der Waals surface area contributed by atoms with Crippen LogP contribution in [0.1, 0.15) is 47.9 Å². The first-order chi connectivity index (χ1) is 11.6. The summed E-state index contributed by atoms with van der Waals surface area (Å²) in [5.41, 5.74) is 1.43. The smallest absolute Gasteiger partial charge is 0.123 e. The molecule has 0 saturated carbocycles. The maximum Gasteiger partial charge on any atom is 0.123 e. The van der Waals surface area contributed by atoms with Crippen molar-refractivity contribution in [3.63, 3.8) is 0 Å². The predicted octanol–water partition coefficient (Wildman–Crippen LogP) is 6.98. The molecule has 0 aliphatic rings. The van der Waals surface area contributed by atoms with E-state index in [0.29, 0.717) is 11.8 Å². The minimum absolute atomic E-state index is 0.520. The number of fused-ring (bicyclic) bond motifs is 2. The molecule has 0 bridgehead atoms. The van der Waals surface area contributed by atoms with E-state index in [-0.39, 0.29) is 0 Å². The van der Waals surface area contributed by atoms with Gasteiger partial charge in [0.15, 0.2) is 0 Å². The summed E-state index contributed by atoms with van der Waals surface area (Å²) in [6, 6.07) is 15.8. The lowest BCUT2D eigenvalue weighted by molar-refractivity contribution is 0.776. The molecule has 0 N–H and O–H groups in total. The highest BCUT2D eigenvalue weighted by atomic mass is 32.1. The Morgan fingerprint density at radius 1 is 0.917 bits per heavy atom. The Balaban J connectivity index is 1.60. The minimum Gasteiger partial charge on any atom is -0.245 e. The van der Waals surface area contributed by atoms with Crippen LogP contribution in [0.4, 0.5) is 0 Å². The number of rotatable bonds is 4. The number of pyridine rings is 1. The van der Waals surface area contributed by atoms with E-state index in [9.17, 15) is 0 Å². The zero-order valence-electron chi connectivity index (χ0n) is 14.2. The van der Waals surface area contributed by atoms with Crippen molar-refractivity contribution in [3.8, 4) is 0 Å². The first-order valence-electron chi connectivity index (χ1n) is 8.47. The van der Waals surface area contributed by atoms with Crippen LogP contribution in [0.5, 0.6) is 0 Å². The summed E-state index contributed by atoms with van der Waals surface area (Å²) < 4.78 is 1.42. The van der Waals surface area contributed by atoms with E-state index in [1.807, 2.05) is 34.9 Å². The molecule has 0 amide bonds. The minimum atomic E-state index is 0.520. The van der Waals surface area contributed by atoms with Crippen LogP contribution in [0.2, 0.25) is 0 Å². The maximum atomic E-state index is 4.47. The Labute approximate surface area is 151 Å². The van der Waals surface area contributed by atoms with Gasteiger partial charge in [0.2, 0.25) is 0 Å². The summed E-state index contributed by atoms with van der Waals surface area (Å²) >= 11 is 3.77. The SMILES string of the molecule is CC(C)c1cc2ccc(CC(C)c3cc4cccnc4s3)cc2s1. The van der Waals surface area contributed by atoms with Gasteiger partial charge in [0.1, 0.15) is 4.83 Å². The quantitative estimate of drug-likeness (QED) is 0.386. The number of aromatic nitrogens is 1. The Morgan fingerprint density at radius 2 is 1.75 bits per heavy atom. The van der Waals surface area contributed by atoms with Crippen LogP contribution in [0, 0.1) is 0 Å². The van der Waals surface area contributed by atoms with Crippen molar-refractivity contribution in [3.05, 3.63) is 64.0 Å². The van der Waals surface area contributed by atoms with E-state index in [1.54, 1.807) is 0 Å². The van der Waals surface area contributed by atoms with E-state index in [0.717, 1.165) is 11.3 Å². The van der Waals surface area contributed by atoms with Gasteiger partial charge in [-0.15, -0.1) is 22.7 Å². The monoisotopic (exact) mass is 351 g/mol. The topological polar surface area (TPSA) is 12.9 Å². The molecule has 0 saturated heterocycles. The molecule has 24 heavy (non-hydrogen) atoms. The summed E-state index contributed by atoms with van der Waals surface area (Å²) in [7, 11) is 0. The van der Waals surface area contributed by atoms with Crippen LogP contribution in [0.15, 0.2) is 48.7 Å². The average molecular weight is 352 g/mol. The molecule has 0 fully saturated rings. The second-order valence-electron chi connectivity index (χ2n) is 6.83. The van der Waals surface area contributed by atoms with Gasteiger partial charge in [0, 0.05) is 26.0 Å². The van der Waals surface area contributed by atoms with Gasteiger partial charge >= 0.3 is 0 Å². The molecule has 1 nitrogen and oxygen atoms in total. The molecule has 0 aliphatic carbocycles. The van der Waals surface area contributed by atoms with Crippen LogP contribution >= 0.6 is 22.7 Å². The molecule has 0 spiro atoms. The molecule has 4 aromatic rings. The fourth-order valence-corrected chi connectivity index (χ4v) is 5.28. The molecule has 4 rings (SSSR count). The summed E-state index contributed by atoms with van der Waals surface area (Å²) in [6.07, 6.45) is 2.96. The van der Waals surface area contributed by atoms with Gasteiger partial charge in [-0.1, -0.05) is 39.0 Å². The zero-order chi connectivity index (χ0) is 16.7. The van der Waals surface area contributed by atoms with Crippen LogP contribution < -0.4 is 0 Å². The van der Waals surface area contributed by atoms with Crippen LogP contribution in [-0.4, -0.2) is 4.98 Å². The second kappa shape index (κ2) is 6.30. The van der Waals surface area contributed by atoms with E-state index in [2.05, 4.69) is 62.2 Å². The van der Waals surface area contributed by atoms with Gasteiger partial charge in [0.25, 0.3) is 0 Å². The fourth-order valence-electron chi connectivity index (χ4n) is 3.10. The third kappa shape index (κ3) is 2.99. The Hall–Kier alpha value is -1.71. The third-order valence-electron chi connectivity index (χ3n) is 4.51. The first-order valence-corrected chi connectivity index (χ1v) is 10.1. The number of hydrogen-bond acceptors (Lipinski definition) is 3. The molecule has 3 aromatic heterocycles. The maximum absolute atomic E-state index is 4.47. The lowest BCUT2D eigenvalue weighted by Crippen LogP contribution is -1.95. The Morgan fingerprint density at radius 3 is 2.54 bits per heavy atom. The average Bonchev–Trinajstić information content (AvgIpc) is 3.18. The fraction of sp³-hybridized carbons (Fsp3) is 0.286. The standard InChI is InChI=1S/C21H21NS2/c1-13(2)18-11-16-7-6-15(10-20(16)23-18)9-14(3)19-12-17-5-4-8-22-21(17)24-19/h4-8,10-14H,9H2,1-3H3. The lowest BCUT2D eigenvalue weighted by Gasteiger charge is -2.09. The molecule has 0 aliphatic heterocycles. The van der Waals surface area contributed by atoms with Crippen LogP contribution in [0.3, 0.4) is 0 Å². The molecule has 3 heteroatoms. The Bertz CT molecular complexity index is 960. The number of benzene rings is 1. The predicted molar refractivity (Wildman–Crippen MR) is 108 cm³/mol. The van der Waals surface area contributed by atoms with E-state index < -0.39 is 0 Å². The molecule has 3 heterocycles. The Kier molecular flexibility index (Phi) is 4.15. The van der Waals surface area contributed by atoms with Gasteiger partial charge in [0.05, 0.1) is 0 Å². The van der Waals surface area contributed by atoms with Crippen molar-refractivity contribution in [1.29, 1.82) is 0 Å². The van der Waals surface area contributed by atoms with Crippen LogP contribution in [-0.2, 0) is 6.42 Å². The van der Waals surface area contributed by atoms with Crippen molar-refractivity contribution < 1.29 is 0 Å². The van der Waals surface area contributed by atoms with Crippen molar-refractivity contribution in [2.75, 3.05) is 0 Å². The molecular weight excluding hydrogens is 330 g/mol. The van der Waals surface area contributed by atoms with Crippen molar-refractivity contribution in [2.24, 2.45) is 0 Å². The highest BCUT2D eigenvalue weighted by Gasteiger charge is 2.12. The first kappa shape index (κ1) is 15.8. The van der Waals surface area contributed by atoms with Gasteiger partial charge in [-0.2, -0.15) is 0 Å². The van der Waals surface area contributed by atoms with E-state index in [1.165, 1.54) is 30.8 Å². The number of hydrogen-bond donors (Lipinski definition) is 0. The van der Waals surface area contributed by atoms with Gasteiger partial charge in [-0.05, 0) is 53.5 Å². The highest BCUT2D eigenvalue weighted by Crippen LogP contribution is 2.34. The number of thiophene rings is 2. The van der Waals surface area contributed by atoms with Gasteiger partial charge in [-0.25, -0.2) is 4.98 Å². The molecule has 122 valence electrons. The largest absolute Gasteiger partial charge is 0.245 e. The summed E-state index contributed by atoms with van der Waals surface area (Å²) in [5, 5.41) is 2.64. The van der Waals surface area contributed by atoms with Crippen molar-refractivity contribution >= 4 is 43.0 Å². The molecular formula is C21H21NS2. The zero-order valence-corrected chi connectivity index (χ0v) is 15.9. The van der Waals surface area contributed by atoms with E-state index in [4.69, 9.17) is 0 Å². The van der Waals surface area contributed by atoms with Crippen molar-refractivity contribution in [1.82, 2.24) is 4.98 Å². The van der Waals surface area contributed by atoms with Gasteiger partial charge in [-0.3, -0.25) is 0 Å². The van der Waals surface area contributed by atoms with Crippen molar-refractivity contribution in [2.45, 2.75) is 39.0 Å².